The summed E-state index contributed by atoms with van der Waals surface area (Å²) in [6.07, 6.45) is 5.05. The lowest BCUT2D eigenvalue weighted by molar-refractivity contribution is 0.488. The molecule has 2 nitrogen and oxygen atoms in total. The number of anilines is 1. The smallest absolute Gasteiger partial charge is 0.0888 e. The maximum atomic E-state index is 6.69. The highest BCUT2D eigenvalue weighted by molar-refractivity contribution is 6.37. The van der Waals surface area contributed by atoms with Crippen LogP contribution in [0.2, 0.25) is 20.1 Å². The predicted octanol–water partition coefficient (Wildman–Crippen LogP) is 9.10. The Labute approximate surface area is 208 Å². The van der Waals surface area contributed by atoms with Crippen LogP contribution in [0.1, 0.15) is 36.4 Å². The number of rotatable bonds is 3. The quantitative estimate of drug-likeness (QED) is 0.349. The fraction of sp³-hybridized carbons (Fsp3) is 0.192. The third-order valence-corrected chi connectivity index (χ3v) is 7.45. The van der Waals surface area contributed by atoms with Crippen molar-refractivity contribution in [2.24, 2.45) is 11.0 Å². The van der Waals surface area contributed by atoms with E-state index in [1.165, 1.54) is 0 Å². The molecule has 0 spiro atoms. The third kappa shape index (κ3) is 3.95. The molecule has 0 bridgehead atoms. The van der Waals surface area contributed by atoms with Crippen LogP contribution in [0.5, 0.6) is 0 Å². The molecule has 0 amide bonds. The summed E-state index contributed by atoms with van der Waals surface area (Å²) < 4.78 is 0. The van der Waals surface area contributed by atoms with Gasteiger partial charge in [0.1, 0.15) is 0 Å². The molecule has 3 aromatic rings. The molecule has 1 saturated carbocycles. The molecule has 0 radical (unpaired) electrons. The van der Waals surface area contributed by atoms with Crippen LogP contribution >= 0.6 is 46.4 Å². The Morgan fingerprint density at radius 2 is 1.41 bits per heavy atom. The molecule has 5 rings (SSSR count). The van der Waals surface area contributed by atoms with Crippen LogP contribution in [-0.2, 0) is 0 Å². The summed E-state index contributed by atoms with van der Waals surface area (Å²) in [5.41, 5.74) is 4.96. The molecular formula is C26H20Cl4N2. The Morgan fingerprint density at radius 3 is 2.06 bits per heavy atom. The maximum absolute atomic E-state index is 6.69. The summed E-state index contributed by atoms with van der Waals surface area (Å²) in [5.74, 6) is 0.161. The molecule has 2 aliphatic rings. The van der Waals surface area contributed by atoms with Crippen molar-refractivity contribution in [2.45, 2.75) is 25.3 Å². The molecule has 32 heavy (non-hydrogen) atoms. The van der Waals surface area contributed by atoms with Gasteiger partial charge in [0.25, 0.3) is 0 Å². The van der Waals surface area contributed by atoms with Gasteiger partial charge in [0.05, 0.1) is 17.4 Å². The lowest BCUT2D eigenvalue weighted by Crippen LogP contribution is -2.28. The minimum atomic E-state index is -0.0842. The van der Waals surface area contributed by atoms with Gasteiger partial charge in [-0.1, -0.05) is 76.7 Å². The highest BCUT2D eigenvalue weighted by Gasteiger charge is 2.43. The summed E-state index contributed by atoms with van der Waals surface area (Å²) >= 11 is 26.3. The van der Waals surface area contributed by atoms with Crippen LogP contribution in [0, 0.1) is 5.92 Å². The van der Waals surface area contributed by atoms with Crippen LogP contribution in [0.15, 0.2) is 77.4 Å². The first-order valence-corrected chi connectivity index (χ1v) is 12.1. The van der Waals surface area contributed by atoms with Crippen LogP contribution in [0.25, 0.3) is 6.08 Å². The summed E-state index contributed by atoms with van der Waals surface area (Å²) in [7, 11) is 0. The first-order valence-electron chi connectivity index (χ1n) is 10.6. The van der Waals surface area contributed by atoms with E-state index in [1.54, 1.807) is 0 Å². The molecule has 0 unspecified atom stereocenters. The molecule has 1 fully saturated rings. The van der Waals surface area contributed by atoms with Crippen molar-refractivity contribution in [3.05, 3.63) is 104 Å². The van der Waals surface area contributed by atoms with Gasteiger partial charge in [-0.3, -0.25) is 5.01 Å². The fourth-order valence-corrected chi connectivity index (χ4v) is 5.82. The number of hydrazone groups is 1. The van der Waals surface area contributed by atoms with Crippen LogP contribution in [0.3, 0.4) is 0 Å². The second-order valence-corrected chi connectivity index (χ2v) is 9.68. The van der Waals surface area contributed by atoms with E-state index in [4.69, 9.17) is 51.5 Å². The van der Waals surface area contributed by atoms with E-state index < -0.39 is 0 Å². The summed E-state index contributed by atoms with van der Waals surface area (Å²) in [6.45, 7) is 0. The molecule has 1 aliphatic heterocycles. The van der Waals surface area contributed by atoms with E-state index in [-0.39, 0.29) is 12.0 Å². The van der Waals surface area contributed by atoms with Gasteiger partial charge in [0.15, 0.2) is 0 Å². The average molecular weight is 502 g/mol. The lowest BCUT2D eigenvalue weighted by Gasteiger charge is -2.31. The zero-order valence-corrected chi connectivity index (χ0v) is 20.1. The van der Waals surface area contributed by atoms with E-state index in [0.717, 1.165) is 47.4 Å². The number of fused-ring (bicyclic) bond motifs is 1. The van der Waals surface area contributed by atoms with Gasteiger partial charge in [-0.25, -0.2) is 0 Å². The number of halogens is 4. The minimum absolute atomic E-state index is 0.0842. The molecule has 2 atom stereocenters. The minimum Gasteiger partial charge on any atom is -0.257 e. The first kappa shape index (κ1) is 21.9. The van der Waals surface area contributed by atoms with Crippen LogP contribution in [0.4, 0.5) is 5.69 Å². The lowest BCUT2D eigenvalue weighted by atomic mass is 9.77. The van der Waals surface area contributed by atoms with Crippen molar-refractivity contribution < 1.29 is 0 Å². The number of allylic oxidation sites excluding steroid dienone is 1. The monoisotopic (exact) mass is 500 g/mol. The Morgan fingerprint density at radius 1 is 0.781 bits per heavy atom. The zero-order chi connectivity index (χ0) is 22.2. The average Bonchev–Trinajstić information content (AvgIpc) is 3.17. The highest BCUT2D eigenvalue weighted by Crippen LogP contribution is 2.49. The number of hydrogen-bond donors (Lipinski definition) is 0. The molecule has 1 heterocycles. The molecular weight excluding hydrogens is 482 g/mol. The molecule has 0 saturated heterocycles. The molecule has 0 aromatic heterocycles. The van der Waals surface area contributed by atoms with Gasteiger partial charge in [-0.05, 0) is 67.3 Å². The van der Waals surface area contributed by atoms with Gasteiger partial charge >= 0.3 is 0 Å². The van der Waals surface area contributed by atoms with Gasteiger partial charge in [0, 0.05) is 37.1 Å². The van der Waals surface area contributed by atoms with Gasteiger partial charge < -0.3 is 0 Å². The number of para-hydroxylation sites is 1. The topological polar surface area (TPSA) is 15.6 Å². The van der Waals surface area contributed by atoms with Gasteiger partial charge in [0.2, 0.25) is 0 Å². The summed E-state index contributed by atoms with van der Waals surface area (Å²) in [5, 5.41) is 9.79. The molecule has 162 valence electrons. The summed E-state index contributed by atoms with van der Waals surface area (Å²) in [6, 6.07) is 21.3. The van der Waals surface area contributed by atoms with Crippen molar-refractivity contribution in [1.82, 2.24) is 0 Å². The van der Waals surface area contributed by atoms with E-state index in [0.29, 0.717) is 20.1 Å². The Hall–Kier alpha value is -1.97. The Bertz CT molecular complexity index is 1180. The van der Waals surface area contributed by atoms with E-state index in [2.05, 4.69) is 23.2 Å². The van der Waals surface area contributed by atoms with E-state index in [1.807, 2.05) is 54.6 Å². The molecule has 6 heteroatoms. The SMILES string of the molecule is Clc1cccc(Cl)c1/C=C1\CCC[C@H]2C1=NN(c1ccccc1)[C@@H]2c1c(Cl)cccc1Cl. The number of benzene rings is 3. The maximum Gasteiger partial charge on any atom is 0.0888 e. The number of hydrogen-bond acceptors (Lipinski definition) is 2. The molecule has 0 N–H and O–H groups in total. The second kappa shape index (κ2) is 9.11. The van der Waals surface area contributed by atoms with Crippen LogP contribution in [-0.4, -0.2) is 5.71 Å². The van der Waals surface area contributed by atoms with Gasteiger partial charge in [-0.2, -0.15) is 5.10 Å². The van der Waals surface area contributed by atoms with Crippen molar-refractivity contribution in [3.63, 3.8) is 0 Å². The largest absolute Gasteiger partial charge is 0.257 e. The molecule has 3 aromatic carbocycles. The van der Waals surface area contributed by atoms with Crippen molar-refractivity contribution >= 4 is 63.9 Å². The van der Waals surface area contributed by atoms with Crippen molar-refractivity contribution in [3.8, 4) is 0 Å². The zero-order valence-electron chi connectivity index (χ0n) is 17.1. The molecule has 1 aliphatic carbocycles. The highest BCUT2D eigenvalue weighted by atomic mass is 35.5. The Balaban J connectivity index is 1.66. The fourth-order valence-electron chi connectivity index (χ4n) is 4.69. The third-order valence-electron chi connectivity index (χ3n) is 6.14. The standard InChI is InChI=1S/C26H20Cl4N2/c27-20-11-5-12-21(28)19(20)15-16-7-4-10-18-25(16)31-32(17-8-2-1-3-9-17)26(18)24-22(29)13-6-14-23(24)30/h1-3,5-6,8-9,11-15,18,26H,4,7,10H2/b16-15+/t18-,26-/m0/s1. The number of nitrogens with zero attached hydrogens (tertiary/aromatic N) is 2. The Kier molecular flexibility index (Phi) is 6.22. The first-order chi connectivity index (χ1) is 15.5. The van der Waals surface area contributed by atoms with Crippen LogP contribution < -0.4 is 5.01 Å². The van der Waals surface area contributed by atoms with Crippen molar-refractivity contribution in [1.29, 1.82) is 0 Å². The van der Waals surface area contributed by atoms with Crippen molar-refractivity contribution in [2.75, 3.05) is 5.01 Å². The second-order valence-electron chi connectivity index (χ2n) is 8.05. The predicted molar refractivity (Wildman–Crippen MR) is 137 cm³/mol. The van der Waals surface area contributed by atoms with E-state index >= 15 is 0 Å². The van der Waals surface area contributed by atoms with Gasteiger partial charge in [-0.15, -0.1) is 0 Å². The normalized spacial score (nSPS) is 21.6. The van der Waals surface area contributed by atoms with E-state index in [9.17, 15) is 0 Å². The summed E-state index contributed by atoms with van der Waals surface area (Å²) in [4.78, 5) is 0.